The van der Waals surface area contributed by atoms with Crippen molar-refractivity contribution in [1.82, 2.24) is 0 Å². The van der Waals surface area contributed by atoms with Crippen molar-refractivity contribution in [3.05, 3.63) is 29.3 Å². The maximum absolute atomic E-state index is 11.3. The van der Waals surface area contributed by atoms with Gasteiger partial charge < -0.3 is 15.8 Å². The van der Waals surface area contributed by atoms with E-state index in [0.717, 1.165) is 0 Å². The molecule has 6 heteroatoms. The normalized spacial score (nSPS) is 9.79. The number of amides is 2. The number of hydrogen-bond acceptors (Lipinski definition) is 4. The Morgan fingerprint density at radius 3 is 2.53 bits per heavy atom. The van der Waals surface area contributed by atoms with Crippen LogP contribution in [0.1, 0.15) is 36.2 Å². The van der Waals surface area contributed by atoms with Crippen LogP contribution in [0.2, 0.25) is 0 Å². The molecule has 6 nitrogen and oxygen atoms in total. The van der Waals surface area contributed by atoms with Gasteiger partial charge in [0.15, 0.2) is 0 Å². The van der Waals surface area contributed by atoms with E-state index in [1.54, 1.807) is 19.1 Å². The van der Waals surface area contributed by atoms with E-state index in [0.29, 0.717) is 17.7 Å². The maximum atomic E-state index is 11.3. The summed E-state index contributed by atoms with van der Waals surface area (Å²) < 4.78 is 4.83. The van der Waals surface area contributed by atoms with Crippen molar-refractivity contribution in [2.24, 2.45) is 5.73 Å². The van der Waals surface area contributed by atoms with Crippen molar-refractivity contribution in [2.75, 3.05) is 5.32 Å². The lowest BCUT2D eigenvalue weighted by Gasteiger charge is -2.10. The predicted octanol–water partition coefficient (Wildman–Crippen LogP) is 1.20. The van der Waals surface area contributed by atoms with E-state index in [9.17, 15) is 14.4 Å². The van der Waals surface area contributed by atoms with E-state index in [1.165, 1.54) is 13.0 Å². The summed E-state index contributed by atoms with van der Waals surface area (Å²) in [5, 5.41) is 2.62. The van der Waals surface area contributed by atoms with E-state index in [4.69, 9.17) is 10.5 Å². The zero-order valence-electron chi connectivity index (χ0n) is 10.9. The van der Waals surface area contributed by atoms with E-state index in [1.807, 2.05) is 0 Å². The number of ether oxygens (including phenoxy) is 1. The Labute approximate surface area is 110 Å². The first-order valence-corrected chi connectivity index (χ1v) is 5.80. The molecule has 0 atom stereocenters. The predicted molar refractivity (Wildman–Crippen MR) is 69.4 cm³/mol. The summed E-state index contributed by atoms with van der Waals surface area (Å²) in [5.74, 6) is -1.25. The number of carbonyl (C=O) groups is 3. The van der Waals surface area contributed by atoms with Gasteiger partial charge in [0.05, 0.1) is 0 Å². The first-order valence-electron chi connectivity index (χ1n) is 5.80. The van der Waals surface area contributed by atoms with E-state index >= 15 is 0 Å². The average molecular weight is 264 g/mol. The van der Waals surface area contributed by atoms with Crippen LogP contribution >= 0.6 is 0 Å². The Balaban J connectivity index is 2.97. The zero-order valence-corrected chi connectivity index (χ0v) is 10.9. The number of nitrogens with two attached hydrogens (primary N) is 1. The van der Waals surface area contributed by atoms with Crippen molar-refractivity contribution >= 4 is 23.5 Å². The van der Waals surface area contributed by atoms with Gasteiger partial charge in [-0.2, -0.15) is 0 Å². The second kappa shape index (κ2) is 6.53. The Morgan fingerprint density at radius 1 is 1.32 bits per heavy atom. The lowest BCUT2D eigenvalue weighted by atomic mass is 10.1. The number of nitrogens with one attached hydrogen (secondary N) is 1. The van der Waals surface area contributed by atoms with Crippen LogP contribution in [0.25, 0.3) is 0 Å². The summed E-state index contributed by atoms with van der Waals surface area (Å²) in [5.41, 5.74) is 6.46. The van der Waals surface area contributed by atoms with Crippen molar-refractivity contribution in [3.8, 4) is 0 Å². The van der Waals surface area contributed by atoms with Gasteiger partial charge in [0.25, 0.3) is 0 Å². The Bertz CT molecular complexity index is 511. The van der Waals surface area contributed by atoms with Crippen LogP contribution in [0, 0.1) is 0 Å². The van der Waals surface area contributed by atoms with Gasteiger partial charge in [0, 0.05) is 30.2 Å². The second-order valence-electron chi connectivity index (χ2n) is 3.92. The number of anilines is 1. The molecule has 0 saturated heterocycles. The van der Waals surface area contributed by atoms with Crippen molar-refractivity contribution < 1.29 is 19.1 Å². The number of benzene rings is 1. The molecule has 102 valence electrons. The fraction of sp³-hybridized carbons (Fsp3) is 0.308. The van der Waals surface area contributed by atoms with Gasteiger partial charge in [-0.15, -0.1) is 0 Å². The first-order chi connectivity index (χ1) is 8.93. The molecule has 0 aromatic heterocycles. The van der Waals surface area contributed by atoms with Crippen LogP contribution in [-0.4, -0.2) is 17.8 Å². The van der Waals surface area contributed by atoms with Gasteiger partial charge in [-0.05, 0) is 12.1 Å². The fourth-order valence-electron chi connectivity index (χ4n) is 1.44. The summed E-state index contributed by atoms with van der Waals surface area (Å²) in [7, 11) is 0. The molecule has 0 bridgehead atoms. The summed E-state index contributed by atoms with van der Waals surface area (Å²) in [6.45, 7) is 2.97. The Morgan fingerprint density at radius 2 is 2.00 bits per heavy atom. The Hall–Kier alpha value is -2.37. The minimum atomic E-state index is -0.644. The number of esters is 1. The quantitative estimate of drug-likeness (QED) is 0.780. The highest BCUT2D eigenvalue weighted by molar-refractivity contribution is 5.97. The summed E-state index contributed by atoms with van der Waals surface area (Å²) in [6, 6.07) is 4.68. The van der Waals surface area contributed by atoms with Crippen molar-refractivity contribution in [3.63, 3.8) is 0 Å². The zero-order chi connectivity index (χ0) is 14.4. The lowest BCUT2D eigenvalue weighted by Crippen LogP contribution is -2.16. The second-order valence-corrected chi connectivity index (χ2v) is 3.92. The highest BCUT2D eigenvalue weighted by atomic mass is 16.5. The largest absolute Gasteiger partial charge is 0.461 e. The van der Waals surface area contributed by atoms with Crippen LogP contribution < -0.4 is 11.1 Å². The van der Waals surface area contributed by atoms with E-state index in [2.05, 4.69) is 5.32 Å². The summed E-state index contributed by atoms with van der Waals surface area (Å²) in [4.78, 5) is 33.4. The molecule has 3 N–H and O–H groups in total. The highest BCUT2D eigenvalue weighted by Crippen LogP contribution is 2.17. The summed E-state index contributed by atoms with van der Waals surface area (Å²) >= 11 is 0. The average Bonchev–Trinajstić information content (AvgIpc) is 2.36. The molecule has 0 saturated carbocycles. The van der Waals surface area contributed by atoms with E-state index < -0.39 is 11.9 Å². The van der Waals surface area contributed by atoms with Crippen molar-refractivity contribution in [2.45, 2.75) is 26.9 Å². The standard InChI is InChI=1S/C13H16N2O4/c1-3-12(17)15-10-5-4-9(7-19-8(2)16)11(6-10)13(14)18/h4-6H,3,7H2,1-2H3,(H2,14,18)(H,15,17). The third-order valence-electron chi connectivity index (χ3n) is 2.41. The van der Waals surface area contributed by atoms with Gasteiger partial charge in [0.2, 0.25) is 11.8 Å². The first kappa shape index (κ1) is 14.7. The van der Waals surface area contributed by atoms with Crippen LogP contribution in [0.3, 0.4) is 0 Å². The van der Waals surface area contributed by atoms with Crippen LogP contribution in [0.5, 0.6) is 0 Å². The number of carbonyl (C=O) groups excluding carboxylic acids is 3. The van der Waals surface area contributed by atoms with Crippen LogP contribution in [0.4, 0.5) is 5.69 Å². The summed E-state index contributed by atoms with van der Waals surface area (Å²) in [6.07, 6.45) is 0.334. The molecular formula is C13H16N2O4. The molecule has 0 heterocycles. The molecule has 0 unspecified atom stereocenters. The monoisotopic (exact) mass is 264 g/mol. The third-order valence-corrected chi connectivity index (χ3v) is 2.41. The smallest absolute Gasteiger partial charge is 0.302 e. The van der Waals surface area contributed by atoms with Gasteiger partial charge >= 0.3 is 5.97 Å². The SMILES string of the molecule is CCC(=O)Nc1ccc(COC(C)=O)c(C(N)=O)c1. The highest BCUT2D eigenvalue weighted by Gasteiger charge is 2.11. The minimum Gasteiger partial charge on any atom is -0.461 e. The number of rotatable bonds is 5. The Kier molecular flexibility index (Phi) is 5.05. The van der Waals surface area contributed by atoms with E-state index in [-0.39, 0.29) is 18.1 Å². The molecule has 1 aromatic carbocycles. The molecule has 1 rings (SSSR count). The molecular weight excluding hydrogens is 248 g/mol. The topological polar surface area (TPSA) is 98.5 Å². The fourth-order valence-corrected chi connectivity index (χ4v) is 1.44. The molecule has 0 aliphatic carbocycles. The third kappa shape index (κ3) is 4.42. The molecule has 1 aromatic rings. The van der Waals surface area contributed by atoms with Gasteiger partial charge in [-0.1, -0.05) is 13.0 Å². The molecule has 0 fully saturated rings. The molecule has 19 heavy (non-hydrogen) atoms. The number of primary amides is 1. The van der Waals surface area contributed by atoms with Gasteiger partial charge in [-0.25, -0.2) is 0 Å². The van der Waals surface area contributed by atoms with Crippen LogP contribution in [0.15, 0.2) is 18.2 Å². The molecule has 0 radical (unpaired) electrons. The lowest BCUT2D eigenvalue weighted by molar-refractivity contribution is -0.142. The molecule has 0 spiro atoms. The van der Waals surface area contributed by atoms with Crippen molar-refractivity contribution in [1.29, 1.82) is 0 Å². The molecule has 0 aliphatic heterocycles. The molecule has 0 aliphatic rings. The minimum absolute atomic E-state index is 0.0321. The van der Waals surface area contributed by atoms with Gasteiger partial charge in [-0.3, -0.25) is 14.4 Å². The number of hydrogen-bond donors (Lipinski definition) is 2. The molecule has 2 amide bonds. The van der Waals surface area contributed by atoms with Gasteiger partial charge in [0.1, 0.15) is 6.61 Å². The van der Waals surface area contributed by atoms with Crippen LogP contribution in [-0.2, 0) is 20.9 Å². The maximum Gasteiger partial charge on any atom is 0.302 e.